The third-order valence-corrected chi connectivity index (χ3v) is 11.4. The van der Waals surface area contributed by atoms with E-state index >= 15 is 0 Å². The molecule has 3 atom stereocenters. The second-order valence-corrected chi connectivity index (χ2v) is 15.0. The van der Waals surface area contributed by atoms with Crippen LogP contribution in [0.3, 0.4) is 0 Å². The average molecular weight is 677 g/mol. The minimum atomic E-state index is 0.339. The van der Waals surface area contributed by atoms with Gasteiger partial charge in [-0.2, -0.15) is 0 Å². The average Bonchev–Trinajstić information content (AvgIpc) is 3.15. The number of benzene rings is 4. The van der Waals surface area contributed by atoms with Gasteiger partial charge in [0.15, 0.2) is 0 Å². The van der Waals surface area contributed by atoms with E-state index in [1.54, 1.807) is 0 Å². The molecule has 0 heteroatoms. The summed E-state index contributed by atoms with van der Waals surface area (Å²) in [5.74, 6) is 1.14. The second kappa shape index (κ2) is 16.4. The van der Waals surface area contributed by atoms with Crippen molar-refractivity contribution in [1.29, 1.82) is 0 Å². The Morgan fingerprint density at radius 3 is 1.60 bits per heavy atom. The van der Waals surface area contributed by atoms with Crippen molar-refractivity contribution in [2.45, 2.75) is 59.8 Å². The van der Waals surface area contributed by atoms with Gasteiger partial charge < -0.3 is 0 Å². The van der Waals surface area contributed by atoms with Gasteiger partial charge in [0.05, 0.1) is 0 Å². The van der Waals surface area contributed by atoms with E-state index in [1.807, 2.05) is 0 Å². The molecule has 0 aliphatic heterocycles. The van der Waals surface area contributed by atoms with Crippen LogP contribution >= 0.6 is 0 Å². The van der Waals surface area contributed by atoms with E-state index in [1.165, 1.54) is 72.4 Å². The lowest BCUT2D eigenvalue weighted by molar-refractivity contribution is 0.604. The van der Waals surface area contributed by atoms with Crippen molar-refractivity contribution in [2.75, 3.05) is 0 Å². The molecule has 0 saturated carbocycles. The van der Waals surface area contributed by atoms with E-state index < -0.39 is 0 Å². The van der Waals surface area contributed by atoms with Crippen molar-refractivity contribution in [3.05, 3.63) is 212 Å². The summed E-state index contributed by atoms with van der Waals surface area (Å²) in [6.45, 7) is 8.93. The zero-order valence-electron chi connectivity index (χ0n) is 31.4. The van der Waals surface area contributed by atoms with E-state index in [2.05, 4.69) is 192 Å². The summed E-state index contributed by atoms with van der Waals surface area (Å²) in [5, 5.41) is 0. The lowest BCUT2D eigenvalue weighted by atomic mass is 9.76. The van der Waals surface area contributed by atoms with Crippen molar-refractivity contribution in [2.24, 2.45) is 17.8 Å². The summed E-state index contributed by atoms with van der Waals surface area (Å²) < 4.78 is 0. The molecule has 0 fully saturated rings. The molecule has 0 nitrogen and oxygen atoms in total. The highest BCUT2D eigenvalue weighted by molar-refractivity contribution is 5.73. The van der Waals surface area contributed by atoms with Crippen LogP contribution in [0.25, 0.3) is 24.3 Å². The van der Waals surface area contributed by atoms with Crippen molar-refractivity contribution >= 4 is 24.3 Å². The predicted octanol–water partition coefficient (Wildman–Crippen LogP) is 13.4. The van der Waals surface area contributed by atoms with E-state index in [4.69, 9.17) is 0 Å². The molecule has 4 aromatic carbocycles. The molecule has 0 heterocycles. The van der Waals surface area contributed by atoms with E-state index in [0.717, 1.165) is 32.1 Å². The Morgan fingerprint density at radius 1 is 0.558 bits per heavy atom. The van der Waals surface area contributed by atoms with Gasteiger partial charge in [-0.25, -0.2) is 0 Å². The van der Waals surface area contributed by atoms with Crippen LogP contribution in [0.1, 0.15) is 75.4 Å². The van der Waals surface area contributed by atoms with Crippen molar-refractivity contribution in [3.8, 4) is 0 Å². The summed E-state index contributed by atoms with van der Waals surface area (Å²) >= 11 is 0. The topological polar surface area (TPSA) is 0 Å². The first kappa shape index (κ1) is 35.2. The quantitative estimate of drug-likeness (QED) is 0.163. The Labute approximate surface area is 312 Å². The molecular weight excluding hydrogens is 625 g/mol. The van der Waals surface area contributed by atoms with Crippen LogP contribution in [0.5, 0.6) is 0 Å². The molecule has 10 rings (SSSR count). The molecule has 4 bridgehead atoms. The molecule has 0 amide bonds. The van der Waals surface area contributed by atoms with E-state index in [9.17, 15) is 0 Å². The van der Waals surface area contributed by atoms with Crippen LogP contribution in [-0.2, 0) is 19.3 Å². The lowest BCUT2D eigenvalue weighted by Crippen LogP contribution is -2.16. The van der Waals surface area contributed by atoms with Gasteiger partial charge in [0.25, 0.3) is 0 Å². The number of rotatable bonds is 8. The second-order valence-electron chi connectivity index (χ2n) is 15.0. The highest BCUT2D eigenvalue weighted by atomic mass is 14.3. The standard InChI is InChI=1S/C52H52/c1-37-13-5-9-17-41(37)21-25-45-33-50-31-32-52-36-47(27-23-43-19-11-7-15-39(43)3)51(35-48(52)28-24-44-20-12-8-16-40(44)4)30-29-49(45)34-46(50)26-22-42-18-10-6-14-38(42)2/h5-27,33-36,40,49-50H,28-32H2,1-4H3/b25-21?,26-22-,27-23-,44-24+. The maximum atomic E-state index is 2.60. The molecule has 0 saturated heterocycles. The normalized spacial score (nSPS) is 20.9. The van der Waals surface area contributed by atoms with Gasteiger partial charge in [0.2, 0.25) is 0 Å². The third kappa shape index (κ3) is 8.46. The molecule has 0 N–H and O–H groups in total. The van der Waals surface area contributed by atoms with Crippen LogP contribution in [-0.4, -0.2) is 0 Å². The van der Waals surface area contributed by atoms with Gasteiger partial charge in [-0.15, -0.1) is 0 Å². The Morgan fingerprint density at radius 2 is 1.06 bits per heavy atom. The Bertz CT molecular complexity index is 2170. The fraction of sp³-hybridized carbons (Fsp3) is 0.231. The zero-order valence-corrected chi connectivity index (χ0v) is 31.4. The van der Waals surface area contributed by atoms with Gasteiger partial charge in [-0.3, -0.25) is 0 Å². The van der Waals surface area contributed by atoms with Crippen molar-refractivity contribution in [1.82, 2.24) is 0 Å². The van der Waals surface area contributed by atoms with Crippen LogP contribution < -0.4 is 0 Å². The highest BCUT2D eigenvalue weighted by Gasteiger charge is 2.24. The van der Waals surface area contributed by atoms with Crippen molar-refractivity contribution in [3.63, 3.8) is 0 Å². The lowest BCUT2D eigenvalue weighted by Gasteiger charge is -2.29. The Hall–Kier alpha value is -5.20. The van der Waals surface area contributed by atoms with Crippen LogP contribution in [0.2, 0.25) is 0 Å². The number of hydrogen-bond acceptors (Lipinski definition) is 0. The first-order chi connectivity index (χ1) is 25.4. The van der Waals surface area contributed by atoms with E-state index in [-0.39, 0.29) is 0 Å². The maximum Gasteiger partial charge on any atom is 0.00242 e. The molecule has 6 aliphatic carbocycles. The fourth-order valence-corrected chi connectivity index (χ4v) is 7.95. The van der Waals surface area contributed by atoms with Gasteiger partial charge in [-0.1, -0.05) is 171 Å². The first-order valence-corrected chi connectivity index (χ1v) is 19.3. The maximum absolute atomic E-state index is 2.60. The number of aryl methyl sites for hydroxylation is 5. The molecule has 4 aromatic rings. The Balaban J connectivity index is 1.29. The first-order valence-electron chi connectivity index (χ1n) is 19.3. The molecule has 260 valence electrons. The molecule has 52 heavy (non-hydrogen) atoms. The van der Waals surface area contributed by atoms with E-state index in [0.29, 0.717) is 17.8 Å². The molecule has 0 spiro atoms. The summed E-state index contributed by atoms with van der Waals surface area (Å²) in [6.07, 6.45) is 36.0. The minimum Gasteiger partial charge on any atom is -0.0773 e. The largest absolute Gasteiger partial charge is 0.0773 e. The smallest absolute Gasteiger partial charge is 0.00242 e. The predicted molar refractivity (Wildman–Crippen MR) is 226 cm³/mol. The molecule has 6 aliphatic rings. The number of hydrogen-bond donors (Lipinski definition) is 0. The fourth-order valence-electron chi connectivity index (χ4n) is 7.95. The Kier molecular flexibility index (Phi) is 11.1. The monoisotopic (exact) mass is 676 g/mol. The summed E-state index contributed by atoms with van der Waals surface area (Å²) in [6, 6.07) is 31.2. The molecule has 3 unspecified atom stereocenters. The molecule has 0 radical (unpaired) electrons. The molecule has 0 aromatic heterocycles. The third-order valence-electron chi connectivity index (χ3n) is 11.4. The summed E-state index contributed by atoms with van der Waals surface area (Å²) in [7, 11) is 0. The van der Waals surface area contributed by atoms with Gasteiger partial charge in [-0.05, 0) is 131 Å². The van der Waals surface area contributed by atoms with Crippen LogP contribution in [0.15, 0.2) is 156 Å². The van der Waals surface area contributed by atoms with Crippen LogP contribution in [0.4, 0.5) is 0 Å². The van der Waals surface area contributed by atoms with Crippen LogP contribution in [0, 0.1) is 38.5 Å². The van der Waals surface area contributed by atoms with Crippen molar-refractivity contribution < 1.29 is 0 Å². The van der Waals surface area contributed by atoms with Gasteiger partial charge >= 0.3 is 0 Å². The minimum absolute atomic E-state index is 0.339. The van der Waals surface area contributed by atoms with Gasteiger partial charge in [0.1, 0.15) is 0 Å². The van der Waals surface area contributed by atoms with Gasteiger partial charge in [0, 0.05) is 11.8 Å². The summed E-state index contributed by atoms with van der Waals surface area (Å²) in [5.41, 5.74) is 17.9. The number of allylic oxidation sites excluding steroid dienone is 12. The zero-order chi connectivity index (χ0) is 35.9. The highest BCUT2D eigenvalue weighted by Crippen LogP contribution is 2.38. The summed E-state index contributed by atoms with van der Waals surface area (Å²) in [4.78, 5) is 0. The SMILES string of the molecule is Cc1ccccc1C=CC1=CC2CCc3cc(/C=C\c4ccccc4C)c(cc3C/C=C3\C=CC=CC3C)CCC1C=C2/C=C\c1ccccc1C. The molecular formula is C52H52.